The molecule has 0 saturated heterocycles. The summed E-state index contributed by atoms with van der Waals surface area (Å²) in [7, 11) is 0. The van der Waals surface area contributed by atoms with Crippen molar-refractivity contribution in [3.8, 4) is 5.75 Å². The Hall–Kier alpha value is -3.74. The smallest absolute Gasteiger partial charge is 0.311 e. The van der Waals surface area contributed by atoms with Crippen molar-refractivity contribution in [1.29, 1.82) is 0 Å². The summed E-state index contributed by atoms with van der Waals surface area (Å²) in [6.07, 6.45) is 0.504. The van der Waals surface area contributed by atoms with Gasteiger partial charge >= 0.3 is 5.69 Å². The fourth-order valence-corrected chi connectivity index (χ4v) is 2.54. The summed E-state index contributed by atoms with van der Waals surface area (Å²) in [4.78, 5) is 33.3. The molecule has 130 valence electrons. The van der Waals surface area contributed by atoms with Crippen LogP contribution in [0.25, 0.3) is 10.8 Å². The number of fused-ring (bicyclic) bond motifs is 1. The van der Waals surface area contributed by atoms with Crippen molar-refractivity contribution in [2.45, 2.75) is 0 Å². The average Bonchev–Trinajstić information content (AvgIpc) is 2.66. The van der Waals surface area contributed by atoms with E-state index >= 15 is 0 Å². The zero-order valence-electron chi connectivity index (χ0n) is 13.5. The van der Waals surface area contributed by atoms with E-state index in [9.17, 15) is 19.7 Å². The molecule has 3 aromatic carbocycles. The predicted octanol–water partition coefficient (Wildman–Crippen LogP) is 3.58. The fourth-order valence-electron chi connectivity index (χ4n) is 2.54. The third-order valence-electron chi connectivity index (χ3n) is 3.74. The molecule has 0 radical (unpaired) electrons. The first-order valence-electron chi connectivity index (χ1n) is 7.72. The summed E-state index contributed by atoms with van der Waals surface area (Å²) >= 11 is 0. The van der Waals surface area contributed by atoms with Crippen LogP contribution in [0.15, 0.2) is 60.7 Å². The summed E-state index contributed by atoms with van der Waals surface area (Å²) in [5, 5.41) is 15.7. The van der Waals surface area contributed by atoms with Crippen molar-refractivity contribution in [2.75, 3.05) is 11.9 Å². The highest BCUT2D eigenvalue weighted by molar-refractivity contribution is 6.02. The lowest BCUT2D eigenvalue weighted by atomic mass is 10.1. The zero-order valence-corrected chi connectivity index (χ0v) is 13.5. The van der Waals surface area contributed by atoms with Gasteiger partial charge in [-0.2, -0.15) is 0 Å². The number of nitrogens with zero attached hydrogens (tertiary/aromatic N) is 1. The zero-order chi connectivity index (χ0) is 18.5. The van der Waals surface area contributed by atoms with Gasteiger partial charge in [-0.15, -0.1) is 0 Å². The van der Waals surface area contributed by atoms with Crippen LogP contribution in [0.3, 0.4) is 0 Å². The topological polar surface area (TPSA) is 98.5 Å². The van der Waals surface area contributed by atoms with Crippen molar-refractivity contribution < 1.29 is 19.2 Å². The molecular formula is C19H14N2O5. The molecule has 0 saturated carbocycles. The first-order chi connectivity index (χ1) is 12.6. The van der Waals surface area contributed by atoms with Crippen molar-refractivity contribution in [3.63, 3.8) is 0 Å². The summed E-state index contributed by atoms with van der Waals surface area (Å²) in [5.74, 6) is -0.524. The number of nitro benzene ring substituents is 1. The van der Waals surface area contributed by atoms with Gasteiger partial charge in [-0.3, -0.25) is 19.7 Å². The van der Waals surface area contributed by atoms with E-state index in [2.05, 4.69) is 5.32 Å². The van der Waals surface area contributed by atoms with Crippen LogP contribution in [0.2, 0.25) is 0 Å². The normalized spacial score (nSPS) is 10.3. The number of nitrogens with one attached hydrogen (secondary N) is 1. The highest BCUT2D eigenvalue weighted by atomic mass is 16.6. The maximum absolute atomic E-state index is 12.2. The van der Waals surface area contributed by atoms with E-state index in [0.29, 0.717) is 12.0 Å². The quantitative estimate of drug-likeness (QED) is 0.416. The molecule has 0 aliphatic rings. The Bertz CT molecular complexity index is 995. The van der Waals surface area contributed by atoms with Gasteiger partial charge in [0, 0.05) is 22.7 Å². The minimum absolute atomic E-state index is 0.0753. The van der Waals surface area contributed by atoms with Crippen molar-refractivity contribution in [2.24, 2.45) is 0 Å². The van der Waals surface area contributed by atoms with Crippen molar-refractivity contribution in [3.05, 3.63) is 76.3 Å². The number of nitro groups is 1. The van der Waals surface area contributed by atoms with Gasteiger partial charge in [-0.25, -0.2) is 0 Å². The highest BCUT2D eigenvalue weighted by Gasteiger charge is 2.17. The van der Waals surface area contributed by atoms with Crippen LogP contribution in [0.4, 0.5) is 11.4 Å². The van der Waals surface area contributed by atoms with Gasteiger partial charge in [0.15, 0.2) is 12.4 Å². The molecule has 0 aliphatic carbocycles. The number of amides is 1. The van der Waals surface area contributed by atoms with E-state index in [-0.39, 0.29) is 17.0 Å². The highest BCUT2D eigenvalue weighted by Crippen LogP contribution is 2.28. The first-order valence-corrected chi connectivity index (χ1v) is 7.72. The number of rotatable bonds is 6. The Balaban J connectivity index is 1.73. The van der Waals surface area contributed by atoms with E-state index in [4.69, 9.17) is 4.74 Å². The van der Waals surface area contributed by atoms with E-state index in [1.165, 1.54) is 12.1 Å². The molecule has 0 heterocycles. The lowest BCUT2D eigenvalue weighted by Gasteiger charge is -2.10. The Morgan fingerprint density at radius 1 is 1.12 bits per heavy atom. The molecule has 1 N–H and O–H groups in total. The van der Waals surface area contributed by atoms with Crippen LogP contribution < -0.4 is 10.1 Å². The number of benzene rings is 3. The molecule has 0 spiro atoms. The Morgan fingerprint density at radius 2 is 1.88 bits per heavy atom. The largest absolute Gasteiger partial charge is 0.477 e. The lowest BCUT2D eigenvalue weighted by Crippen LogP contribution is -2.20. The van der Waals surface area contributed by atoms with Crippen LogP contribution in [0, 0.1) is 10.1 Å². The second-order valence-corrected chi connectivity index (χ2v) is 5.47. The monoisotopic (exact) mass is 350 g/mol. The molecule has 7 heteroatoms. The number of aldehydes is 1. The fraction of sp³-hybridized carbons (Fsp3) is 0.0526. The minimum atomic E-state index is -0.662. The first kappa shape index (κ1) is 17.1. The molecule has 3 rings (SSSR count). The van der Waals surface area contributed by atoms with Gasteiger partial charge in [0.2, 0.25) is 0 Å². The molecule has 0 unspecified atom stereocenters. The third kappa shape index (κ3) is 3.67. The molecular weight excluding hydrogens is 336 g/mol. The van der Waals surface area contributed by atoms with E-state index in [1.807, 2.05) is 36.4 Å². The van der Waals surface area contributed by atoms with Crippen LogP contribution in [0.1, 0.15) is 10.4 Å². The van der Waals surface area contributed by atoms with Gasteiger partial charge in [0.25, 0.3) is 5.91 Å². The molecule has 3 aromatic rings. The second-order valence-electron chi connectivity index (χ2n) is 5.47. The van der Waals surface area contributed by atoms with Crippen molar-refractivity contribution >= 4 is 34.3 Å². The van der Waals surface area contributed by atoms with E-state index in [1.54, 1.807) is 6.07 Å². The summed E-state index contributed by atoms with van der Waals surface area (Å²) < 4.78 is 5.27. The van der Waals surface area contributed by atoms with E-state index in [0.717, 1.165) is 16.8 Å². The van der Waals surface area contributed by atoms with Gasteiger partial charge in [0.05, 0.1) is 4.92 Å². The second kappa shape index (κ2) is 7.43. The van der Waals surface area contributed by atoms with Crippen LogP contribution >= 0.6 is 0 Å². The third-order valence-corrected chi connectivity index (χ3v) is 3.74. The lowest BCUT2D eigenvalue weighted by molar-refractivity contribution is -0.385. The summed E-state index contributed by atoms with van der Waals surface area (Å²) in [5.41, 5.74) is 0.416. The standard InChI is InChI=1S/C19H14N2O5/c22-11-13-8-9-18(17(10-13)21(24)25)26-12-19(23)20-16-7-3-5-14-4-1-2-6-15(14)16/h1-11H,12H2,(H,20,23). The maximum atomic E-state index is 12.2. The number of anilines is 1. The molecule has 26 heavy (non-hydrogen) atoms. The summed E-state index contributed by atoms with van der Waals surface area (Å²) in [6.45, 7) is -0.398. The number of carbonyl (C=O) groups is 2. The molecule has 0 atom stereocenters. The number of carbonyl (C=O) groups excluding carboxylic acids is 2. The number of ether oxygens (including phenoxy) is 1. The minimum Gasteiger partial charge on any atom is -0.477 e. The predicted molar refractivity (Wildman–Crippen MR) is 96.6 cm³/mol. The van der Waals surface area contributed by atoms with Crippen LogP contribution in [-0.2, 0) is 4.79 Å². The average molecular weight is 350 g/mol. The van der Waals surface area contributed by atoms with Crippen LogP contribution in [-0.4, -0.2) is 23.7 Å². The van der Waals surface area contributed by atoms with E-state index < -0.39 is 17.4 Å². The van der Waals surface area contributed by atoms with Gasteiger partial charge in [0.1, 0.15) is 6.29 Å². The van der Waals surface area contributed by atoms with Crippen molar-refractivity contribution in [1.82, 2.24) is 0 Å². The molecule has 0 aromatic heterocycles. The Kier molecular flexibility index (Phi) is 4.89. The summed E-state index contributed by atoms with van der Waals surface area (Å²) in [6, 6.07) is 16.9. The molecule has 7 nitrogen and oxygen atoms in total. The maximum Gasteiger partial charge on any atom is 0.311 e. The number of hydrogen-bond acceptors (Lipinski definition) is 5. The molecule has 0 bridgehead atoms. The SMILES string of the molecule is O=Cc1ccc(OCC(=O)Nc2cccc3ccccc23)c([N+](=O)[O-])c1. The van der Waals surface area contributed by atoms with Gasteiger partial charge < -0.3 is 10.1 Å². The molecule has 0 aliphatic heterocycles. The van der Waals surface area contributed by atoms with Crippen LogP contribution in [0.5, 0.6) is 5.75 Å². The Morgan fingerprint density at radius 3 is 2.65 bits per heavy atom. The molecule has 1 amide bonds. The Labute approximate surface area is 148 Å². The number of hydrogen-bond donors (Lipinski definition) is 1. The van der Waals surface area contributed by atoms with Gasteiger partial charge in [-0.05, 0) is 23.6 Å². The van der Waals surface area contributed by atoms with Gasteiger partial charge in [-0.1, -0.05) is 36.4 Å². The molecule has 0 fully saturated rings.